The van der Waals surface area contributed by atoms with Crippen molar-refractivity contribution in [1.82, 2.24) is 19.7 Å². The van der Waals surface area contributed by atoms with Crippen LogP contribution in [0.25, 0.3) is 0 Å². The lowest BCUT2D eigenvalue weighted by Crippen LogP contribution is -2.40. The molecular weight excluding hydrogens is 304 g/mol. The molecule has 1 unspecified atom stereocenters. The summed E-state index contributed by atoms with van der Waals surface area (Å²) in [6, 6.07) is 0. The maximum absolute atomic E-state index is 12.3. The quantitative estimate of drug-likeness (QED) is 0.596. The van der Waals surface area contributed by atoms with Crippen molar-refractivity contribution in [2.24, 2.45) is 5.92 Å². The van der Waals surface area contributed by atoms with Crippen molar-refractivity contribution in [3.8, 4) is 0 Å². The smallest absolute Gasteiger partial charge is 0.343 e. The predicted molar refractivity (Wildman–Crippen MR) is 85.0 cm³/mol. The van der Waals surface area contributed by atoms with E-state index in [1.54, 1.807) is 11.7 Å². The largest absolute Gasteiger partial charge is 0.385 e. The van der Waals surface area contributed by atoms with Crippen LogP contribution in [-0.4, -0.2) is 58.1 Å². The van der Waals surface area contributed by atoms with Gasteiger partial charge in [0.1, 0.15) is 0 Å². The highest BCUT2D eigenvalue weighted by Crippen LogP contribution is 2.19. The molecule has 1 aromatic heterocycles. The molecule has 124 valence electrons. The van der Waals surface area contributed by atoms with E-state index in [2.05, 4.69) is 17.1 Å². The Balaban J connectivity index is 1.88. The second-order valence-electron chi connectivity index (χ2n) is 5.69. The lowest BCUT2D eigenvalue weighted by molar-refractivity contribution is -0.130. The van der Waals surface area contributed by atoms with Crippen molar-refractivity contribution in [3.05, 3.63) is 10.5 Å². The third-order valence-electron chi connectivity index (χ3n) is 3.79. The lowest BCUT2D eigenvalue weighted by atomic mass is 10.0. The molecule has 1 aliphatic rings. The second-order valence-corrected chi connectivity index (χ2v) is 6.63. The van der Waals surface area contributed by atoms with Crippen LogP contribution in [0.2, 0.25) is 0 Å². The Bertz CT molecular complexity index is 542. The molecule has 8 heteroatoms. The Morgan fingerprint density at radius 3 is 3.09 bits per heavy atom. The number of nitrogens with zero attached hydrogens (tertiary/aromatic N) is 3. The molecule has 0 saturated carbocycles. The molecule has 2 rings (SSSR count). The minimum Gasteiger partial charge on any atom is -0.385 e. The molecule has 0 aliphatic carbocycles. The maximum atomic E-state index is 12.3. The van der Waals surface area contributed by atoms with Gasteiger partial charge in [0.25, 0.3) is 0 Å². The first kappa shape index (κ1) is 17.1. The van der Waals surface area contributed by atoms with Crippen LogP contribution in [0.1, 0.15) is 26.2 Å². The average molecular weight is 328 g/mol. The fourth-order valence-corrected chi connectivity index (χ4v) is 3.49. The Morgan fingerprint density at radius 2 is 2.36 bits per heavy atom. The predicted octanol–water partition coefficient (Wildman–Crippen LogP) is 0.959. The molecular formula is C14H24N4O3S. The fraction of sp³-hybridized carbons (Fsp3) is 0.786. The van der Waals surface area contributed by atoms with Crippen LogP contribution in [0.4, 0.5) is 0 Å². The monoisotopic (exact) mass is 328 g/mol. The fourth-order valence-electron chi connectivity index (χ4n) is 2.61. The van der Waals surface area contributed by atoms with E-state index in [4.69, 9.17) is 4.74 Å². The number of carbonyl (C=O) groups excluding carboxylic acids is 1. The first-order chi connectivity index (χ1) is 10.6. The summed E-state index contributed by atoms with van der Waals surface area (Å²) in [6.45, 7) is 4.98. The summed E-state index contributed by atoms with van der Waals surface area (Å²) in [5, 5.41) is 7.02. The zero-order chi connectivity index (χ0) is 15.9. The van der Waals surface area contributed by atoms with Crippen molar-refractivity contribution >= 4 is 17.7 Å². The van der Waals surface area contributed by atoms with Gasteiger partial charge in [-0.2, -0.15) is 0 Å². The SMILES string of the molecule is COCCCn1c(SCC(=O)N2CCCC(C)C2)n[nH]c1=O. The third kappa shape index (κ3) is 4.61. The van der Waals surface area contributed by atoms with E-state index in [1.807, 2.05) is 4.90 Å². The molecule has 0 bridgehead atoms. The molecule has 1 aromatic rings. The van der Waals surface area contributed by atoms with Crippen LogP contribution in [0.5, 0.6) is 0 Å². The van der Waals surface area contributed by atoms with Crippen LogP contribution in [-0.2, 0) is 16.1 Å². The van der Waals surface area contributed by atoms with E-state index in [9.17, 15) is 9.59 Å². The van der Waals surface area contributed by atoms with Gasteiger partial charge in [0.2, 0.25) is 5.91 Å². The van der Waals surface area contributed by atoms with Crippen molar-refractivity contribution < 1.29 is 9.53 Å². The van der Waals surface area contributed by atoms with Gasteiger partial charge in [-0.15, -0.1) is 5.10 Å². The lowest BCUT2D eigenvalue weighted by Gasteiger charge is -2.30. The number of thioether (sulfide) groups is 1. The zero-order valence-electron chi connectivity index (χ0n) is 13.2. The number of carbonyl (C=O) groups is 1. The molecule has 2 heterocycles. The minimum absolute atomic E-state index is 0.121. The standard InChI is InChI=1S/C14H24N4O3S/c1-11-5-3-6-17(9-11)12(19)10-22-14-16-15-13(20)18(14)7-4-8-21-2/h11H,3-10H2,1-2H3,(H,15,20). The van der Waals surface area contributed by atoms with Crippen LogP contribution >= 0.6 is 11.8 Å². The van der Waals surface area contributed by atoms with Crippen molar-refractivity contribution in [2.45, 2.75) is 37.9 Å². The van der Waals surface area contributed by atoms with Gasteiger partial charge < -0.3 is 9.64 Å². The summed E-state index contributed by atoms with van der Waals surface area (Å²) >= 11 is 1.32. The summed E-state index contributed by atoms with van der Waals surface area (Å²) in [5.74, 6) is 1.01. The third-order valence-corrected chi connectivity index (χ3v) is 4.75. The average Bonchev–Trinajstić information content (AvgIpc) is 2.86. The summed E-state index contributed by atoms with van der Waals surface area (Å²) in [4.78, 5) is 25.9. The Hall–Kier alpha value is -1.28. The number of piperidine rings is 1. The van der Waals surface area contributed by atoms with Crippen molar-refractivity contribution in [3.63, 3.8) is 0 Å². The highest BCUT2D eigenvalue weighted by molar-refractivity contribution is 7.99. The first-order valence-corrected chi connectivity index (χ1v) is 8.65. The van der Waals surface area contributed by atoms with E-state index in [-0.39, 0.29) is 11.6 Å². The van der Waals surface area contributed by atoms with E-state index in [1.165, 1.54) is 18.2 Å². The molecule has 1 aliphatic heterocycles. The summed E-state index contributed by atoms with van der Waals surface area (Å²) in [6.07, 6.45) is 3.00. The van der Waals surface area contributed by atoms with E-state index in [0.717, 1.165) is 25.9 Å². The van der Waals surface area contributed by atoms with Gasteiger partial charge in [-0.3, -0.25) is 9.36 Å². The van der Waals surface area contributed by atoms with Crippen molar-refractivity contribution in [2.75, 3.05) is 32.6 Å². The molecule has 22 heavy (non-hydrogen) atoms. The van der Waals surface area contributed by atoms with Gasteiger partial charge >= 0.3 is 5.69 Å². The first-order valence-electron chi connectivity index (χ1n) is 7.66. The normalized spacial score (nSPS) is 18.6. The van der Waals surface area contributed by atoms with Gasteiger partial charge in [0.15, 0.2) is 5.16 Å². The van der Waals surface area contributed by atoms with Gasteiger partial charge in [-0.25, -0.2) is 9.89 Å². The van der Waals surface area contributed by atoms with Crippen LogP contribution in [0.3, 0.4) is 0 Å². The number of nitrogens with one attached hydrogen (secondary N) is 1. The number of hydrogen-bond acceptors (Lipinski definition) is 5. The number of likely N-dealkylation sites (tertiary alicyclic amines) is 1. The highest BCUT2D eigenvalue weighted by Gasteiger charge is 2.21. The molecule has 1 atom stereocenters. The molecule has 0 radical (unpaired) electrons. The summed E-state index contributed by atoms with van der Waals surface area (Å²) in [7, 11) is 1.63. The van der Waals surface area contributed by atoms with Gasteiger partial charge in [0, 0.05) is 33.4 Å². The summed E-state index contributed by atoms with van der Waals surface area (Å²) in [5.41, 5.74) is -0.238. The maximum Gasteiger partial charge on any atom is 0.343 e. The Morgan fingerprint density at radius 1 is 1.55 bits per heavy atom. The Kier molecular flexibility index (Phi) is 6.50. The molecule has 1 N–H and O–H groups in total. The number of rotatable bonds is 7. The van der Waals surface area contributed by atoms with Crippen LogP contribution in [0, 0.1) is 5.92 Å². The number of hydrogen-bond donors (Lipinski definition) is 1. The zero-order valence-corrected chi connectivity index (χ0v) is 14.0. The molecule has 7 nitrogen and oxygen atoms in total. The van der Waals surface area contributed by atoms with Crippen LogP contribution < -0.4 is 5.69 Å². The highest BCUT2D eigenvalue weighted by atomic mass is 32.2. The summed E-state index contributed by atoms with van der Waals surface area (Å²) < 4.78 is 6.56. The molecule has 0 spiro atoms. The molecule has 1 saturated heterocycles. The van der Waals surface area contributed by atoms with Gasteiger partial charge in [-0.1, -0.05) is 18.7 Å². The second kappa shape index (κ2) is 8.38. The van der Waals surface area contributed by atoms with E-state index >= 15 is 0 Å². The minimum atomic E-state index is -0.238. The van der Waals surface area contributed by atoms with E-state index < -0.39 is 0 Å². The number of aromatic nitrogens is 3. The number of amides is 1. The molecule has 1 amide bonds. The number of ether oxygens (including phenoxy) is 1. The molecule has 0 aromatic carbocycles. The van der Waals surface area contributed by atoms with Crippen LogP contribution in [0.15, 0.2) is 9.95 Å². The topological polar surface area (TPSA) is 80.2 Å². The molecule has 1 fully saturated rings. The Labute approximate surface area is 134 Å². The number of H-pyrrole nitrogens is 1. The van der Waals surface area contributed by atoms with Gasteiger partial charge in [-0.05, 0) is 25.2 Å². The number of methoxy groups -OCH3 is 1. The number of aromatic amines is 1. The van der Waals surface area contributed by atoms with E-state index in [0.29, 0.717) is 30.0 Å². The van der Waals surface area contributed by atoms with Crippen molar-refractivity contribution in [1.29, 1.82) is 0 Å². The van der Waals surface area contributed by atoms with Gasteiger partial charge in [0.05, 0.1) is 5.75 Å².